The fourth-order valence-electron chi connectivity index (χ4n) is 4.70. The lowest BCUT2D eigenvalue weighted by molar-refractivity contribution is -0.794. The van der Waals surface area contributed by atoms with Crippen LogP contribution >= 0.6 is 11.8 Å². The third kappa shape index (κ3) is 3.45. The van der Waals surface area contributed by atoms with Crippen molar-refractivity contribution in [2.45, 2.75) is 57.7 Å². The van der Waals surface area contributed by atoms with Gasteiger partial charge in [0.25, 0.3) is 0 Å². The number of carbonyl (C=O) groups excluding carboxylic acids is 2. The van der Waals surface area contributed by atoms with Crippen molar-refractivity contribution in [1.82, 2.24) is 0 Å². The maximum absolute atomic E-state index is 13.5. The van der Waals surface area contributed by atoms with Crippen molar-refractivity contribution in [1.29, 1.82) is 0 Å². The van der Waals surface area contributed by atoms with Crippen LogP contribution in [0.4, 0.5) is 4.79 Å². The number of imide groups is 1. The standard InChI is InChI=1S/C21H27NO4S/c1-14-8-7-13-22(14,20(25)26)18(23)16-11-12-21(2,3)17(16)27-19(24)15-9-5-4-6-10-15/h4-6,9-10,14,16-17H,7-8,11-13H2,1-3H3/p+1/t14-,16?,17?,22?/m1/s1. The highest BCUT2D eigenvalue weighted by Crippen LogP contribution is 2.50. The topological polar surface area (TPSA) is 71.4 Å². The summed E-state index contributed by atoms with van der Waals surface area (Å²) in [6.45, 7) is 6.37. The molecular weight excluding hydrogens is 362 g/mol. The SMILES string of the molecule is C[C@@H]1CCC[N+]1(C(=O)O)C(=O)C1CCC(C)(C)C1SC(=O)c1ccccc1. The zero-order valence-electron chi connectivity index (χ0n) is 16.2. The second-order valence-electron chi connectivity index (χ2n) is 8.53. The van der Waals surface area contributed by atoms with Gasteiger partial charge in [-0.2, -0.15) is 9.28 Å². The van der Waals surface area contributed by atoms with Gasteiger partial charge >= 0.3 is 12.0 Å². The van der Waals surface area contributed by atoms with Crippen LogP contribution in [0.5, 0.6) is 0 Å². The molecule has 1 aliphatic heterocycles. The van der Waals surface area contributed by atoms with E-state index in [1.165, 1.54) is 11.8 Å². The summed E-state index contributed by atoms with van der Waals surface area (Å²) in [7, 11) is 0. The van der Waals surface area contributed by atoms with Crippen LogP contribution in [0.2, 0.25) is 0 Å². The number of carbonyl (C=O) groups is 3. The Kier molecular flexibility index (Phi) is 5.50. The molecule has 0 bridgehead atoms. The average Bonchev–Trinajstić information content (AvgIpc) is 3.16. The zero-order valence-corrected chi connectivity index (χ0v) is 17.0. The predicted molar refractivity (Wildman–Crippen MR) is 106 cm³/mol. The van der Waals surface area contributed by atoms with Crippen molar-refractivity contribution < 1.29 is 24.0 Å². The first-order valence-corrected chi connectivity index (χ1v) is 10.5. The Bertz CT molecular complexity index is 748. The van der Waals surface area contributed by atoms with E-state index in [4.69, 9.17) is 0 Å². The molecule has 2 aliphatic rings. The van der Waals surface area contributed by atoms with E-state index in [1.54, 1.807) is 12.1 Å². The minimum atomic E-state index is -1.05. The number of likely N-dealkylation sites (tertiary alicyclic amines) is 1. The lowest BCUT2D eigenvalue weighted by Gasteiger charge is -2.35. The predicted octanol–water partition coefficient (Wildman–Crippen LogP) is 4.57. The van der Waals surface area contributed by atoms with Crippen LogP contribution in [0.25, 0.3) is 0 Å². The molecule has 4 atom stereocenters. The molecular formula is C21H28NO4S+. The van der Waals surface area contributed by atoms with E-state index in [9.17, 15) is 19.5 Å². The summed E-state index contributed by atoms with van der Waals surface area (Å²) < 4.78 is -0.475. The van der Waals surface area contributed by atoms with Gasteiger partial charge in [-0.1, -0.05) is 55.9 Å². The van der Waals surface area contributed by atoms with E-state index < -0.39 is 16.5 Å². The van der Waals surface area contributed by atoms with E-state index in [0.29, 0.717) is 18.5 Å². The van der Waals surface area contributed by atoms with Crippen LogP contribution in [0, 0.1) is 11.3 Å². The molecule has 1 saturated carbocycles. The van der Waals surface area contributed by atoms with Gasteiger partial charge in [0.05, 0.1) is 12.5 Å². The Hall–Kier alpha value is -1.66. The first kappa shape index (κ1) is 20.1. The summed E-state index contributed by atoms with van der Waals surface area (Å²) in [6, 6.07) is 8.86. The molecule has 3 rings (SSSR count). The van der Waals surface area contributed by atoms with E-state index in [2.05, 4.69) is 13.8 Å². The molecule has 0 spiro atoms. The number of nitrogens with zero attached hydrogens (tertiary/aromatic N) is 1. The van der Waals surface area contributed by atoms with E-state index in [1.807, 2.05) is 25.1 Å². The molecule has 1 heterocycles. The quantitative estimate of drug-likeness (QED) is 0.766. The van der Waals surface area contributed by atoms with Crippen LogP contribution in [-0.4, -0.2) is 44.5 Å². The highest BCUT2D eigenvalue weighted by molar-refractivity contribution is 8.14. The summed E-state index contributed by atoms with van der Waals surface area (Å²) in [5, 5.41) is 9.66. The van der Waals surface area contributed by atoms with Gasteiger partial charge in [-0.15, -0.1) is 0 Å². The van der Waals surface area contributed by atoms with Crippen LogP contribution in [-0.2, 0) is 4.79 Å². The molecule has 1 aromatic rings. The Morgan fingerprint density at radius 3 is 2.37 bits per heavy atom. The molecule has 0 radical (unpaired) electrons. The van der Waals surface area contributed by atoms with Crippen LogP contribution in [0.1, 0.15) is 56.8 Å². The van der Waals surface area contributed by atoms with Crippen molar-refractivity contribution in [3.05, 3.63) is 35.9 Å². The molecule has 2 fully saturated rings. The fourth-order valence-corrected chi connectivity index (χ4v) is 6.05. The van der Waals surface area contributed by atoms with Crippen molar-refractivity contribution in [2.75, 3.05) is 6.54 Å². The maximum atomic E-state index is 13.5. The molecule has 27 heavy (non-hydrogen) atoms. The van der Waals surface area contributed by atoms with Gasteiger partial charge in [0.15, 0.2) is 0 Å². The fraction of sp³-hybridized carbons (Fsp3) is 0.571. The number of quaternary nitrogens is 1. The third-order valence-corrected chi connectivity index (χ3v) is 8.09. The number of hydrogen-bond acceptors (Lipinski definition) is 4. The van der Waals surface area contributed by atoms with Gasteiger partial charge in [0, 0.05) is 23.7 Å². The molecule has 1 aromatic carbocycles. The molecule has 1 saturated heterocycles. The number of hydrogen-bond donors (Lipinski definition) is 1. The smallest absolute Gasteiger partial charge is 0.435 e. The second kappa shape index (κ2) is 7.40. The van der Waals surface area contributed by atoms with Crippen molar-refractivity contribution >= 4 is 28.9 Å². The second-order valence-corrected chi connectivity index (χ2v) is 9.64. The Balaban J connectivity index is 1.88. The summed E-state index contributed by atoms with van der Waals surface area (Å²) in [5.74, 6) is -0.620. The van der Waals surface area contributed by atoms with Crippen LogP contribution < -0.4 is 0 Å². The molecule has 3 unspecified atom stereocenters. The molecule has 0 aromatic heterocycles. The molecule has 6 heteroatoms. The largest absolute Gasteiger partial charge is 0.521 e. The average molecular weight is 391 g/mol. The number of carboxylic acid groups (broad SMARTS) is 1. The molecule has 146 valence electrons. The Labute approximate surface area is 164 Å². The van der Waals surface area contributed by atoms with Gasteiger partial charge in [-0.3, -0.25) is 4.79 Å². The van der Waals surface area contributed by atoms with Gasteiger partial charge < -0.3 is 5.11 Å². The van der Waals surface area contributed by atoms with Gasteiger partial charge in [0.1, 0.15) is 6.04 Å². The summed E-state index contributed by atoms with van der Waals surface area (Å²) in [5.41, 5.74) is 0.425. The van der Waals surface area contributed by atoms with E-state index >= 15 is 0 Å². The molecule has 1 N–H and O–H groups in total. The molecule has 1 aliphatic carbocycles. The minimum absolute atomic E-state index is 0.0512. The number of benzene rings is 1. The number of thioether (sulfide) groups is 1. The monoisotopic (exact) mass is 390 g/mol. The van der Waals surface area contributed by atoms with E-state index in [-0.39, 0.29) is 27.7 Å². The number of rotatable bonds is 3. The molecule has 2 amide bonds. The Morgan fingerprint density at radius 2 is 1.81 bits per heavy atom. The summed E-state index contributed by atoms with van der Waals surface area (Å²) in [6.07, 6.45) is 1.90. The first-order valence-electron chi connectivity index (χ1n) is 9.62. The van der Waals surface area contributed by atoms with Crippen molar-refractivity contribution in [3.8, 4) is 0 Å². The number of amides is 2. The lowest BCUT2D eigenvalue weighted by atomic mass is 9.89. The van der Waals surface area contributed by atoms with E-state index in [0.717, 1.165) is 19.3 Å². The third-order valence-electron chi connectivity index (χ3n) is 6.42. The summed E-state index contributed by atoms with van der Waals surface area (Å²) in [4.78, 5) is 38.4. The minimum Gasteiger partial charge on any atom is -0.435 e. The summed E-state index contributed by atoms with van der Waals surface area (Å²) >= 11 is 1.21. The highest BCUT2D eigenvalue weighted by atomic mass is 32.2. The normalized spacial score (nSPS) is 32.3. The zero-order chi connectivity index (χ0) is 19.8. The Morgan fingerprint density at radius 1 is 1.15 bits per heavy atom. The van der Waals surface area contributed by atoms with Crippen LogP contribution in [0.3, 0.4) is 0 Å². The van der Waals surface area contributed by atoms with Gasteiger partial charge in [-0.05, 0) is 25.2 Å². The van der Waals surface area contributed by atoms with Crippen LogP contribution in [0.15, 0.2) is 30.3 Å². The van der Waals surface area contributed by atoms with Crippen molar-refractivity contribution in [3.63, 3.8) is 0 Å². The lowest BCUT2D eigenvalue weighted by Crippen LogP contribution is -2.61. The van der Waals surface area contributed by atoms with Crippen molar-refractivity contribution in [2.24, 2.45) is 11.3 Å². The van der Waals surface area contributed by atoms with Gasteiger partial charge in [0.2, 0.25) is 5.12 Å². The van der Waals surface area contributed by atoms with Gasteiger partial charge in [-0.25, -0.2) is 4.79 Å². The maximum Gasteiger partial charge on any atom is 0.521 e. The first-order chi connectivity index (χ1) is 12.7. The highest BCUT2D eigenvalue weighted by Gasteiger charge is 2.59. The molecule has 5 nitrogen and oxygen atoms in total.